The maximum absolute atomic E-state index is 11.6. The van der Waals surface area contributed by atoms with Gasteiger partial charge in [0.2, 0.25) is 0 Å². The summed E-state index contributed by atoms with van der Waals surface area (Å²) in [6.07, 6.45) is 0.792. The number of carboxylic acids is 1. The van der Waals surface area contributed by atoms with Gasteiger partial charge in [-0.05, 0) is 36.0 Å². The molecule has 0 amide bonds. The molecule has 0 fully saturated rings. The molecule has 0 saturated carbocycles. The van der Waals surface area contributed by atoms with Crippen LogP contribution < -0.4 is 5.73 Å². The molecule has 106 valence electrons. The lowest BCUT2D eigenvalue weighted by molar-refractivity contribution is -0.140. The fraction of sp³-hybridized carbons (Fsp3) is 0.500. The molecule has 1 rings (SSSR count). The minimum absolute atomic E-state index is 0.0469. The summed E-state index contributed by atoms with van der Waals surface area (Å²) in [7, 11) is 0. The zero-order valence-corrected chi connectivity index (χ0v) is 12.8. The predicted octanol–water partition coefficient (Wildman–Crippen LogP) is 4.43. The minimum Gasteiger partial charge on any atom is -0.481 e. The number of rotatable bonds is 5. The summed E-state index contributed by atoms with van der Waals surface area (Å²) in [5.41, 5.74) is 6.70. The van der Waals surface area contributed by atoms with E-state index in [2.05, 4.69) is 13.8 Å². The normalized spacial score (nSPS) is 14.4. The lowest BCUT2D eigenvalue weighted by Crippen LogP contribution is -2.22. The Morgan fingerprint density at radius 2 is 1.89 bits per heavy atom. The van der Waals surface area contributed by atoms with Crippen LogP contribution in [-0.2, 0) is 4.79 Å². The molecule has 0 spiro atoms. The summed E-state index contributed by atoms with van der Waals surface area (Å²) < 4.78 is 0. The van der Waals surface area contributed by atoms with Crippen molar-refractivity contribution in [1.82, 2.24) is 0 Å². The first-order valence-corrected chi connectivity index (χ1v) is 6.96. The van der Waals surface area contributed by atoms with Gasteiger partial charge < -0.3 is 10.8 Å². The molecular formula is C14H19Cl2NO2. The van der Waals surface area contributed by atoms with Crippen LogP contribution in [0.15, 0.2) is 12.1 Å². The number of carbonyl (C=O) groups is 1. The number of nitrogen functional groups attached to an aromatic ring is 1. The molecule has 0 aliphatic rings. The molecule has 3 nitrogen and oxygen atoms in total. The highest BCUT2D eigenvalue weighted by Crippen LogP contribution is 2.37. The van der Waals surface area contributed by atoms with E-state index in [-0.39, 0.29) is 5.92 Å². The molecule has 0 aliphatic carbocycles. The zero-order valence-electron chi connectivity index (χ0n) is 11.3. The van der Waals surface area contributed by atoms with Crippen molar-refractivity contribution in [2.45, 2.75) is 33.1 Å². The van der Waals surface area contributed by atoms with Gasteiger partial charge in [-0.25, -0.2) is 0 Å². The fourth-order valence-corrected chi connectivity index (χ4v) is 2.93. The molecule has 0 heterocycles. The van der Waals surface area contributed by atoms with E-state index < -0.39 is 11.9 Å². The lowest BCUT2D eigenvalue weighted by Gasteiger charge is -2.24. The molecule has 0 aliphatic heterocycles. The lowest BCUT2D eigenvalue weighted by atomic mass is 9.82. The van der Waals surface area contributed by atoms with Gasteiger partial charge in [0.15, 0.2) is 0 Å². The summed E-state index contributed by atoms with van der Waals surface area (Å²) in [4.78, 5) is 11.6. The van der Waals surface area contributed by atoms with Gasteiger partial charge in [0.25, 0.3) is 0 Å². The van der Waals surface area contributed by atoms with Crippen molar-refractivity contribution in [3.63, 3.8) is 0 Å². The summed E-state index contributed by atoms with van der Waals surface area (Å²) >= 11 is 11.9. The van der Waals surface area contributed by atoms with Crippen molar-refractivity contribution in [2.24, 2.45) is 11.8 Å². The Morgan fingerprint density at radius 1 is 1.32 bits per heavy atom. The summed E-state index contributed by atoms with van der Waals surface area (Å²) in [5.74, 6) is -1.24. The van der Waals surface area contributed by atoms with Crippen molar-refractivity contribution in [3.05, 3.63) is 27.7 Å². The molecule has 2 atom stereocenters. The first-order valence-electron chi connectivity index (χ1n) is 6.21. The zero-order chi connectivity index (χ0) is 14.7. The van der Waals surface area contributed by atoms with E-state index in [9.17, 15) is 9.90 Å². The Kier molecular flexibility index (Phi) is 5.50. The predicted molar refractivity (Wildman–Crippen MR) is 79.9 cm³/mol. The molecule has 0 aromatic heterocycles. The monoisotopic (exact) mass is 303 g/mol. The van der Waals surface area contributed by atoms with Gasteiger partial charge in [0.1, 0.15) is 0 Å². The van der Waals surface area contributed by atoms with Crippen LogP contribution in [0.25, 0.3) is 0 Å². The van der Waals surface area contributed by atoms with Crippen molar-refractivity contribution in [3.8, 4) is 0 Å². The summed E-state index contributed by atoms with van der Waals surface area (Å²) in [6.45, 7) is 6.03. The van der Waals surface area contributed by atoms with E-state index in [0.29, 0.717) is 27.2 Å². The molecule has 3 N–H and O–H groups in total. The highest BCUT2D eigenvalue weighted by Gasteiger charge is 2.29. The van der Waals surface area contributed by atoms with Crippen LogP contribution in [0.5, 0.6) is 0 Å². The van der Waals surface area contributed by atoms with Gasteiger partial charge in [-0.15, -0.1) is 0 Å². The summed E-state index contributed by atoms with van der Waals surface area (Å²) in [5, 5.41) is 10.2. The standard InChI is InChI=1S/C14H19Cl2NO2/c1-7(2)4-8(3)12(14(18)19)10-5-9(15)6-11(16)13(10)17/h5-8,12H,4,17H2,1-3H3,(H,18,19). The number of aliphatic carboxylic acids is 1. The van der Waals surface area contributed by atoms with Gasteiger partial charge in [-0.3, -0.25) is 4.79 Å². The van der Waals surface area contributed by atoms with Crippen LogP contribution in [0.2, 0.25) is 10.0 Å². The maximum atomic E-state index is 11.6. The van der Waals surface area contributed by atoms with Gasteiger partial charge in [0.05, 0.1) is 16.6 Å². The molecule has 5 heteroatoms. The smallest absolute Gasteiger partial charge is 0.311 e. The number of benzene rings is 1. The summed E-state index contributed by atoms with van der Waals surface area (Å²) in [6, 6.07) is 3.12. The van der Waals surface area contributed by atoms with Crippen LogP contribution >= 0.6 is 23.2 Å². The SMILES string of the molecule is CC(C)CC(C)C(C(=O)O)c1cc(Cl)cc(Cl)c1N. The Hall–Kier alpha value is -0.930. The number of halogens is 2. The molecule has 0 bridgehead atoms. The fourth-order valence-electron chi connectivity index (χ4n) is 2.42. The van der Waals surface area contributed by atoms with Gasteiger partial charge in [-0.2, -0.15) is 0 Å². The number of nitrogens with two attached hydrogens (primary N) is 1. The third-order valence-corrected chi connectivity index (χ3v) is 3.67. The van der Waals surface area contributed by atoms with Gasteiger partial charge >= 0.3 is 5.97 Å². The Balaban J connectivity index is 3.23. The minimum atomic E-state index is -0.904. The van der Waals surface area contributed by atoms with Crippen LogP contribution in [0, 0.1) is 11.8 Å². The molecule has 2 unspecified atom stereocenters. The van der Waals surface area contributed by atoms with Gasteiger partial charge in [0, 0.05) is 5.02 Å². The second-order valence-corrected chi connectivity index (χ2v) is 6.16. The van der Waals surface area contributed by atoms with Crippen LogP contribution in [0.4, 0.5) is 5.69 Å². The molecule has 0 saturated heterocycles. The van der Waals surface area contributed by atoms with E-state index in [1.54, 1.807) is 6.07 Å². The topological polar surface area (TPSA) is 63.3 Å². The third kappa shape index (κ3) is 4.02. The number of hydrogen-bond acceptors (Lipinski definition) is 2. The van der Waals surface area contributed by atoms with Crippen LogP contribution in [-0.4, -0.2) is 11.1 Å². The van der Waals surface area contributed by atoms with Crippen molar-refractivity contribution < 1.29 is 9.90 Å². The Morgan fingerprint density at radius 3 is 2.37 bits per heavy atom. The first kappa shape index (κ1) is 16.1. The molecule has 1 aromatic rings. The third-order valence-electron chi connectivity index (χ3n) is 3.14. The number of hydrogen-bond donors (Lipinski definition) is 2. The van der Waals surface area contributed by atoms with Crippen LogP contribution in [0.3, 0.4) is 0 Å². The highest BCUT2D eigenvalue weighted by molar-refractivity contribution is 6.36. The van der Waals surface area contributed by atoms with E-state index in [4.69, 9.17) is 28.9 Å². The van der Waals surface area contributed by atoms with E-state index in [0.717, 1.165) is 6.42 Å². The molecule has 1 aromatic carbocycles. The quantitative estimate of drug-likeness (QED) is 0.791. The molecule has 0 radical (unpaired) electrons. The largest absolute Gasteiger partial charge is 0.481 e. The van der Waals surface area contributed by atoms with Crippen molar-refractivity contribution >= 4 is 34.9 Å². The number of carboxylic acid groups (broad SMARTS) is 1. The Labute approximate surface area is 123 Å². The second kappa shape index (κ2) is 6.49. The number of anilines is 1. The average Bonchev–Trinajstić information content (AvgIpc) is 2.23. The highest BCUT2D eigenvalue weighted by atomic mass is 35.5. The van der Waals surface area contributed by atoms with Crippen LogP contribution in [0.1, 0.15) is 38.7 Å². The second-order valence-electron chi connectivity index (χ2n) is 5.31. The first-order chi connectivity index (χ1) is 8.73. The van der Waals surface area contributed by atoms with E-state index >= 15 is 0 Å². The molecular weight excluding hydrogens is 285 g/mol. The van der Waals surface area contributed by atoms with Crippen molar-refractivity contribution in [1.29, 1.82) is 0 Å². The average molecular weight is 304 g/mol. The molecule has 19 heavy (non-hydrogen) atoms. The van der Waals surface area contributed by atoms with Gasteiger partial charge in [-0.1, -0.05) is 44.0 Å². The van der Waals surface area contributed by atoms with E-state index in [1.165, 1.54) is 6.07 Å². The van der Waals surface area contributed by atoms with E-state index in [1.807, 2.05) is 6.92 Å². The van der Waals surface area contributed by atoms with Crippen molar-refractivity contribution in [2.75, 3.05) is 5.73 Å². The Bertz CT molecular complexity index is 475. The maximum Gasteiger partial charge on any atom is 0.311 e.